The first-order valence-electron chi connectivity index (χ1n) is 9.86. The number of hydrogen-bond donors (Lipinski definition) is 1. The minimum absolute atomic E-state index is 0.278. The Bertz CT molecular complexity index is 1210. The lowest BCUT2D eigenvalue weighted by Gasteiger charge is -2.38. The molecule has 0 aliphatic carbocycles. The van der Waals surface area contributed by atoms with E-state index < -0.39 is 17.7 Å². The minimum Gasteiger partial charge on any atom is -0.496 e. The smallest absolute Gasteiger partial charge is 0.408 e. The Morgan fingerprint density at radius 1 is 1.23 bits per heavy atom. The number of ether oxygens (including phenoxy) is 1. The summed E-state index contributed by atoms with van der Waals surface area (Å²) in [5.74, 6) is 0.904. The SMILES string of the molecule is COc1cccc(-n2c(C(C)N(C(=O)O)C(C)(C)C)nc3cccc(Cl)c3c2=O)c1C. The van der Waals surface area contributed by atoms with Gasteiger partial charge in [0.15, 0.2) is 0 Å². The van der Waals surface area contributed by atoms with Crippen LogP contribution in [0.5, 0.6) is 5.75 Å². The van der Waals surface area contributed by atoms with Crippen molar-refractivity contribution in [3.8, 4) is 11.4 Å². The first-order chi connectivity index (χ1) is 14.5. The van der Waals surface area contributed by atoms with E-state index >= 15 is 0 Å². The van der Waals surface area contributed by atoms with E-state index in [9.17, 15) is 14.7 Å². The van der Waals surface area contributed by atoms with Gasteiger partial charge in [0.25, 0.3) is 5.56 Å². The molecule has 0 bridgehead atoms. The average Bonchev–Trinajstić information content (AvgIpc) is 2.67. The normalized spacial score (nSPS) is 12.6. The lowest BCUT2D eigenvalue weighted by Crippen LogP contribution is -2.47. The van der Waals surface area contributed by atoms with Gasteiger partial charge in [-0.2, -0.15) is 0 Å². The van der Waals surface area contributed by atoms with Gasteiger partial charge in [-0.3, -0.25) is 14.3 Å². The number of amides is 1. The van der Waals surface area contributed by atoms with Gasteiger partial charge in [-0.15, -0.1) is 0 Å². The van der Waals surface area contributed by atoms with Gasteiger partial charge in [0.05, 0.1) is 34.8 Å². The van der Waals surface area contributed by atoms with Crippen molar-refractivity contribution in [3.63, 3.8) is 0 Å². The summed E-state index contributed by atoms with van der Waals surface area (Å²) < 4.78 is 6.87. The van der Waals surface area contributed by atoms with E-state index in [2.05, 4.69) is 0 Å². The maximum absolute atomic E-state index is 13.7. The van der Waals surface area contributed by atoms with Crippen LogP contribution in [-0.2, 0) is 0 Å². The Labute approximate surface area is 185 Å². The lowest BCUT2D eigenvalue weighted by molar-refractivity contribution is 0.0719. The van der Waals surface area contributed by atoms with Crippen molar-refractivity contribution in [2.75, 3.05) is 7.11 Å². The minimum atomic E-state index is -1.10. The number of rotatable bonds is 4. The molecule has 0 fully saturated rings. The van der Waals surface area contributed by atoms with Crippen LogP contribution in [0.4, 0.5) is 4.79 Å². The molecule has 1 amide bonds. The zero-order chi connectivity index (χ0) is 23.1. The van der Waals surface area contributed by atoms with Gasteiger partial charge >= 0.3 is 6.09 Å². The van der Waals surface area contributed by atoms with E-state index in [0.29, 0.717) is 22.8 Å². The van der Waals surface area contributed by atoms with Crippen LogP contribution < -0.4 is 10.3 Å². The molecular formula is C23H26ClN3O4. The quantitative estimate of drug-likeness (QED) is 0.599. The van der Waals surface area contributed by atoms with Gasteiger partial charge in [-0.05, 0) is 58.9 Å². The predicted octanol–water partition coefficient (Wildman–Crippen LogP) is 5.20. The zero-order valence-electron chi connectivity index (χ0n) is 18.4. The highest BCUT2D eigenvalue weighted by Crippen LogP contribution is 2.32. The maximum Gasteiger partial charge on any atom is 0.408 e. The third-order valence-electron chi connectivity index (χ3n) is 5.28. The molecule has 2 aromatic carbocycles. The molecule has 164 valence electrons. The Morgan fingerprint density at radius 3 is 2.45 bits per heavy atom. The number of halogens is 1. The molecule has 1 aromatic heterocycles. The maximum atomic E-state index is 13.7. The molecule has 8 heteroatoms. The summed E-state index contributed by atoms with van der Waals surface area (Å²) in [6.45, 7) is 8.96. The van der Waals surface area contributed by atoms with Crippen LogP contribution in [0.25, 0.3) is 16.6 Å². The number of carboxylic acid groups (broad SMARTS) is 1. The van der Waals surface area contributed by atoms with Crippen LogP contribution in [0.2, 0.25) is 5.02 Å². The summed E-state index contributed by atoms with van der Waals surface area (Å²) in [5.41, 5.74) is 0.607. The summed E-state index contributed by atoms with van der Waals surface area (Å²) in [5, 5.41) is 10.5. The molecule has 1 N–H and O–H groups in total. The van der Waals surface area contributed by atoms with E-state index in [1.807, 2.05) is 6.92 Å². The molecule has 1 atom stereocenters. The first-order valence-corrected chi connectivity index (χ1v) is 10.2. The largest absolute Gasteiger partial charge is 0.496 e. The number of benzene rings is 2. The monoisotopic (exact) mass is 443 g/mol. The molecule has 3 aromatic rings. The molecule has 1 unspecified atom stereocenters. The lowest BCUT2D eigenvalue weighted by atomic mass is 10.0. The predicted molar refractivity (Wildman–Crippen MR) is 122 cm³/mol. The Hall–Kier alpha value is -3.06. The van der Waals surface area contributed by atoms with Crippen molar-refractivity contribution in [1.29, 1.82) is 0 Å². The van der Waals surface area contributed by atoms with Crippen molar-refractivity contribution in [3.05, 3.63) is 63.2 Å². The molecule has 1 heterocycles. The fourth-order valence-corrected chi connectivity index (χ4v) is 4.19. The second-order valence-corrected chi connectivity index (χ2v) is 8.76. The first kappa shape index (κ1) is 22.6. The van der Waals surface area contributed by atoms with E-state index in [-0.39, 0.29) is 16.0 Å². The van der Waals surface area contributed by atoms with Crippen LogP contribution in [-0.4, -0.2) is 38.3 Å². The standard InChI is InChI=1S/C23H26ClN3O4/c1-13-17(11-8-12-18(13)31-6)26-20(14(2)27(22(29)30)23(3,4)5)25-16-10-7-9-15(24)19(16)21(26)28/h7-12,14H,1-6H3,(H,29,30). The molecule has 0 saturated carbocycles. The molecule has 0 radical (unpaired) electrons. The highest BCUT2D eigenvalue weighted by atomic mass is 35.5. The summed E-state index contributed by atoms with van der Waals surface area (Å²) in [4.78, 5) is 31.9. The van der Waals surface area contributed by atoms with Crippen molar-refractivity contribution in [2.45, 2.75) is 46.2 Å². The summed E-state index contributed by atoms with van der Waals surface area (Å²) >= 11 is 6.36. The van der Waals surface area contributed by atoms with Gasteiger partial charge < -0.3 is 9.84 Å². The molecule has 3 rings (SSSR count). The Morgan fingerprint density at radius 2 is 1.87 bits per heavy atom. The van der Waals surface area contributed by atoms with Crippen LogP contribution in [0.15, 0.2) is 41.2 Å². The molecule has 0 aliphatic rings. The van der Waals surface area contributed by atoms with Crippen molar-refractivity contribution >= 4 is 28.6 Å². The van der Waals surface area contributed by atoms with Crippen LogP contribution >= 0.6 is 11.6 Å². The highest BCUT2D eigenvalue weighted by Gasteiger charge is 2.35. The van der Waals surface area contributed by atoms with Crippen molar-refractivity contribution < 1.29 is 14.6 Å². The fourth-order valence-electron chi connectivity index (χ4n) is 3.94. The fraction of sp³-hybridized carbons (Fsp3) is 0.348. The van der Waals surface area contributed by atoms with E-state index in [1.165, 1.54) is 9.47 Å². The van der Waals surface area contributed by atoms with Crippen molar-refractivity contribution in [2.24, 2.45) is 0 Å². The average molecular weight is 444 g/mol. The van der Waals surface area contributed by atoms with E-state index in [4.69, 9.17) is 21.3 Å². The van der Waals surface area contributed by atoms with Gasteiger partial charge in [0.2, 0.25) is 0 Å². The number of carbonyl (C=O) groups is 1. The third kappa shape index (κ3) is 3.97. The Kier molecular flexibility index (Phi) is 6.00. The summed E-state index contributed by atoms with van der Waals surface area (Å²) in [7, 11) is 1.56. The number of nitrogens with zero attached hydrogens (tertiary/aromatic N) is 3. The molecule has 0 spiro atoms. The van der Waals surface area contributed by atoms with E-state index in [0.717, 1.165) is 5.56 Å². The number of aromatic nitrogens is 2. The van der Waals surface area contributed by atoms with Gasteiger partial charge in [-0.1, -0.05) is 23.7 Å². The van der Waals surface area contributed by atoms with Crippen LogP contribution in [0.3, 0.4) is 0 Å². The van der Waals surface area contributed by atoms with Crippen molar-refractivity contribution in [1.82, 2.24) is 14.5 Å². The zero-order valence-corrected chi connectivity index (χ0v) is 19.2. The Balaban J connectivity index is 2.45. The summed E-state index contributed by atoms with van der Waals surface area (Å²) in [6, 6.07) is 9.68. The van der Waals surface area contributed by atoms with Gasteiger partial charge in [-0.25, -0.2) is 9.78 Å². The number of hydrogen-bond acceptors (Lipinski definition) is 4. The highest BCUT2D eigenvalue weighted by molar-refractivity contribution is 6.35. The molecule has 0 aliphatic heterocycles. The molecule has 31 heavy (non-hydrogen) atoms. The van der Waals surface area contributed by atoms with Crippen LogP contribution in [0.1, 0.15) is 45.1 Å². The number of fused-ring (bicyclic) bond motifs is 1. The second kappa shape index (κ2) is 8.23. The topological polar surface area (TPSA) is 84.7 Å². The van der Waals surface area contributed by atoms with E-state index in [1.54, 1.807) is 71.2 Å². The van der Waals surface area contributed by atoms with Gasteiger partial charge in [0.1, 0.15) is 11.6 Å². The second-order valence-electron chi connectivity index (χ2n) is 8.35. The third-order valence-corrected chi connectivity index (χ3v) is 5.59. The van der Waals surface area contributed by atoms with Crippen LogP contribution in [0, 0.1) is 6.92 Å². The van der Waals surface area contributed by atoms with Gasteiger partial charge in [0, 0.05) is 11.1 Å². The molecule has 7 nitrogen and oxygen atoms in total. The number of methoxy groups -OCH3 is 1. The molecule has 0 saturated heterocycles. The molecular weight excluding hydrogens is 418 g/mol. The summed E-state index contributed by atoms with van der Waals surface area (Å²) in [6.07, 6.45) is -1.10.